The largest absolute Gasteiger partial charge is 0.482 e. The molecule has 0 unspecified atom stereocenters. The van der Waals surface area contributed by atoms with Crippen LogP contribution in [0, 0.1) is 22.7 Å². The molecule has 0 aliphatic rings. The average Bonchev–Trinajstić information content (AvgIpc) is 2.61. The molecule has 1 amide bonds. The Balaban J connectivity index is 2.12. The van der Waals surface area contributed by atoms with Crippen LogP contribution in [0.5, 0.6) is 5.75 Å². The lowest BCUT2D eigenvalue weighted by Crippen LogP contribution is -2.35. The molecule has 2 rings (SSSR count). The normalized spacial score (nSPS) is 9.76. The molecule has 0 aliphatic heterocycles. The molecule has 0 atom stereocenters. The number of amides is 1. The fourth-order valence-electron chi connectivity index (χ4n) is 2.11. The molecule has 0 aromatic heterocycles. The summed E-state index contributed by atoms with van der Waals surface area (Å²) in [5, 5.41) is 18.4. The average molecular weight is 374 g/mol. The first-order valence-corrected chi connectivity index (χ1v) is 8.06. The van der Waals surface area contributed by atoms with Gasteiger partial charge in [0.15, 0.2) is 6.61 Å². The number of hydrogen-bond acceptors (Lipinski definition) is 4. The Morgan fingerprint density at radius 1 is 1.16 bits per heavy atom. The lowest BCUT2D eigenvalue weighted by molar-refractivity contribution is -0.120. The van der Waals surface area contributed by atoms with Gasteiger partial charge in [-0.1, -0.05) is 29.3 Å². The van der Waals surface area contributed by atoms with Crippen LogP contribution >= 0.6 is 23.2 Å². The van der Waals surface area contributed by atoms with Crippen molar-refractivity contribution in [1.82, 2.24) is 0 Å². The highest BCUT2D eigenvalue weighted by Gasteiger charge is 2.17. The molecular weight excluding hydrogens is 361 g/mol. The van der Waals surface area contributed by atoms with E-state index in [-0.39, 0.29) is 30.5 Å². The Labute approximate surface area is 155 Å². The fraction of sp³-hybridized carbons (Fsp3) is 0.167. The quantitative estimate of drug-likeness (QED) is 0.760. The number of hydrogen-bond donors (Lipinski definition) is 0. The van der Waals surface area contributed by atoms with Gasteiger partial charge in [0.25, 0.3) is 5.91 Å². The summed E-state index contributed by atoms with van der Waals surface area (Å²) < 4.78 is 5.46. The smallest absolute Gasteiger partial charge is 0.264 e. The summed E-state index contributed by atoms with van der Waals surface area (Å²) in [6.07, 6.45) is 0.176. The summed E-state index contributed by atoms with van der Waals surface area (Å²) >= 11 is 12.0. The Kier molecular flexibility index (Phi) is 6.65. The van der Waals surface area contributed by atoms with E-state index in [1.54, 1.807) is 30.3 Å². The molecule has 2 aromatic rings. The molecule has 7 heteroatoms. The highest BCUT2D eigenvalue weighted by Crippen LogP contribution is 2.26. The van der Waals surface area contributed by atoms with E-state index >= 15 is 0 Å². The lowest BCUT2D eigenvalue weighted by atomic mass is 10.2. The number of carbonyl (C=O) groups excluding carboxylic acids is 1. The van der Waals surface area contributed by atoms with Gasteiger partial charge < -0.3 is 9.64 Å². The van der Waals surface area contributed by atoms with Gasteiger partial charge in [-0.2, -0.15) is 10.5 Å². The van der Waals surface area contributed by atoms with Crippen molar-refractivity contribution in [3.63, 3.8) is 0 Å². The molecule has 0 heterocycles. The Morgan fingerprint density at radius 3 is 2.60 bits per heavy atom. The molecule has 126 valence electrons. The van der Waals surface area contributed by atoms with Crippen molar-refractivity contribution < 1.29 is 9.53 Å². The lowest BCUT2D eigenvalue weighted by Gasteiger charge is -2.22. The Hall–Kier alpha value is -2.73. The minimum absolute atomic E-state index is 0.176. The highest BCUT2D eigenvalue weighted by atomic mass is 35.5. The standard InChI is InChI=1S/C18H13Cl2N3O2/c19-14-3-1-4-15(10-14)23(8-2-7-21)18(24)12-25-17-6-5-13(11-22)9-16(17)20/h1,3-6,9-10H,2,8,12H2. The van der Waals surface area contributed by atoms with Crippen LogP contribution in [0.3, 0.4) is 0 Å². The van der Waals surface area contributed by atoms with E-state index in [0.29, 0.717) is 22.0 Å². The van der Waals surface area contributed by atoms with Crippen molar-refractivity contribution in [3.8, 4) is 17.9 Å². The van der Waals surface area contributed by atoms with Crippen LogP contribution in [0.25, 0.3) is 0 Å². The fourth-order valence-corrected chi connectivity index (χ4v) is 2.53. The van der Waals surface area contributed by atoms with E-state index in [2.05, 4.69) is 0 Å². The molecule has 0 aliphatic carbocycles. The van der Waals surface area contributed by atoms with E-state index in [0.717, 1.165) is 0 Å². The second-order valence-electron chi connectivity index (χ2n) is 4.98. The summed E-state index contributed by atoms with van der Waals surface area (Å²) in [7, 11) is 0. The highest BCUT2D eigenvalue weighted by molar-refractivity contribution is 6.32. The maximum Gasteiger partial charge on any atom is 0.264 e. The first-order valence-electron chi connectivity index (χ1n) is 7.30. The van der Waals surface area contributed by atoms with Crippen molar-refractivity contribution in [3.05, 3.63) is 58.1 Å². The third-order valence-electron chi connectivity index (χ3n) is 3.28. The molecular formula is C18H13Cl2N3O2. The molecule has 0 N–H and O–H groups in total. The number of halogens is 2. The molecule has 5 nitrogen and oxygen atoms in total. The van der Waals surface area contributed by atoms with Gasteiger partial charge in [-0.15, -0.1) is 0 Å². The van der Waals surface area contributed by atoms with E-state index < -0.39 is 0 Å². The second kappa shape index (κ2) is 8.94. The maximum absolute atomic E-state index is 12.5. The molecule has 0 radical (unpaired) electrons. The molecule has 25 heavy (non-hydrogen) atoms. The van der Waals surface area contributed by atoms with Crippen LogP contribution in [0.15, 0.2) is 42.5 Å². The molecule has 0 spiro atoms. The number of ether oxygens (including phenoxy) is 1. The molecule has 2 aromatic carbocycles. The summed E-state index contributed by atoms with van der Waals surface area (Å²) in [6.45, 7) is -0.0380. The van der Waals surface area contributed by atoms with Crippen LogP contribution in [-0.4, -0.2) is 19.1 Å². The third-order valence-corrected chi connectivity index (χ3v) is 3.81. The van der Waals surface area contributed by atoms with Gasteiger partial charge in [0.05, 0.1) is 29.1 Å². The molecule has 0 fully saturated rings. The van der Waals surface area contributed by atoms with Crippen LogP contribution in [0.2, 0.25) is 10.0 Å². The van der Waals surface area contributed by atoms with Crippen molar-refractivity contribution in [2.24, 2.45) is 0 Å². The van der Waals surface area contributed by atoms with Gasteiger partial charge >= 0.3 is 0 Å². The van der Waals surface area contributed by atoms with Crippen molar-refractivity contribution >= 4 is 34.8 Å². The Morgan fingerprint density at radius 2 is 1.96 bits per heavy atom. The summed E-state index contributed by atoms with van der Waals surface area (Å²) in [5.74, 6) is -0.0294. The van der Waals surface area contributed by atoms with E-state index in [1.165, 1.54) is 17.0 Å². The number of rotatable bonds is 6. The van der Waals surface area contributed by atoms with Crippen molar-refractivity contribution in [2.75, 3.05) is 18.1 Å². The first-order chi connectivity index (χ1) is 12.0. The minimum Gasteiger partial charge on any atom is -0.482 e. The molecule has 0 saturated carbocycles. The number of benzene rings is 2. The van der Waals surface area contributed by atoms with Gasteiger partial charge in [-0.3, -0.25) is 4.79 Å². The van der Waals surface area contributed by atoms with Crippen LogP contribution in [-0.2, 0) is 4.79 Å². The van der Waals surface area contributed by atoms with Crippen molar-refractivity contribution in [2.45, 2.75) is 6.42 Å². The molecule has 0 saturated heterocycles. The number of anilines is 1. The third kappa shape index (κ3) is 5.12. The van der Waals surface area contributed by atoms with Gasteiger partial charge in [-0.05, 0) is 36.4 Å². The zero-order valence-corrected chi connectivity index (χ0v) is 14.6. The summed E-state index contributed by atoms with van der Waals surface area (Å²) in [6, 6.07) is 15.3. The monoisotopic (exact) mass is 373 g/mol. The summed E-state index contributed by atoms with van der Waals surface area (Å²) in [4.78, 5) is 14.0. The van der Waals surface area contributed by atoms with Gasteiger partial charge in [0.1, 0.15) is 5.75 Å². The van der Waals surface area contributed by atoms with Crippen LogP contribution in [0.4, 0.5) is 5.69 Å². The van der Waals surface area contributed by atoms with Gasteiger partial charge in [-0.25, -0.2) is 0 Å². The maximum atomic E-state index is 12.5. The molecule has 0 bridgehead atoms. The van der Waals surface area contributed by atoms with E-state index in [1.807, 2.05) is 12.1 Å². The Bertz CT molecular complexity index is 856. The number of nitrogens with zero attached hydrogens (tertiary/aromatic N) is 3. The number of nitriles is 2. The first kappa shape index (κ1) is 18.6. The van der Waals surface area contributed by atoms with Crippen LogP contribution < -0.4 is 9.64 Å². The minimum atomic E-state index is -0.335. The zero-order valence-electron chi connectivity index (χ0n) is 13.1. The van der Waals surface area contributed by atoms with Crippen molar-refractivity contribution in [1.29, 1.82) is 10.5 Å². The topological polar surface area (TPSA) is 77.1 Å². The summed E-state index contributed by atoms with van der Waals surface area (Å²) in [5.41, 5.74) is 0.987. The number of carbonyl (C=O) groups is 1. The predicted octanol–water partition coefficient (Wildman–Crippen LogP) is 4.19. The van der Waals surface area contributed by atoms with Crippen LogP contribution in [0.1, 0.15) is 12.0 Å². The second-order valence-corrected chi connectivity index (χ2v) is 5.82. The van der Waals surface area contributed by atoms with E-state index in [9.17, 15) is 4.79 Å². The SMILES string of the molecule is N#CCCN(C(=O)COc1ccc(C#N)cc1Cl)c1cccc(Cl)c1. The zero-order chi connectivity index (χ0) is 18.2. The van der Waals surface area contributed by atoms with Gasteiger partial charge in [0, 0.05) is 17.3 Å². The van der Waals surface area contributed by atoms with E-state index in [4.69, 9.17) is 38.5 Å². The van der Waals surface area contributed by atoms with Gasteiger partial charge in [0.2, 0.25) is 0 Å². The predicted molar refractivity (Wildman–Crippen MR) is 95.7 cm³/mol.